The van der Waals surface area contributed by atoms with Gasteiger partial charge in [-0.2, -0.15) is 0 Å². The van der Waals surface area contributed by atoms with Crippen LogP contribution in [0.1, 0.15) is 49.8 Å². The fraction of sp³-hybridized carbons (Fsp3) is 0.625. The summed E-state index contributed by atoms with van der Waals surface area (Å²) in [5.74, 6) is 0.763. The highest BCUT2D eigenvalue weighted by molar-refractivity contribution is 5.38. The van der Waals surface area contributed by atoms with E-state index < -0.39 is 6.10 Å². The number of nitrogens with one attached hydrogen (secondary N) is 1. The van der Waals surface area contributed by atoms with Crippen LogP contribution in [-0.2, 0) is 0 Å². The van der Waals surface area contributed by atoms with Gasteiger partial charge in [0.05, 0.1) is 13.2 Å². The van der Waals surface area contributed by atoms with Crippen molar-refractivity contribution >= 4 is 0 Å². The molecule has 0 spiro atoms. The largest absolute Gasteiger partial charge is 0.496 e. The molecule has 1 saturated carbocycles. The van der Waals surface area contributed by atoms with Gasteiger partial charge in [0, 0.05) is 17.6 Å². The van der Waals surface area contributed by atoms with Crippen LogP contribution in [0.15, 0.2) is 18.2 Å². The number of methoxy groups -OCH3 is 1. The molecule has 0 aromatic heterocycles. The second kappa shape index (κ2) is 5.93. The summed E-state index contributed by atoms with van der Waals surface area (Å²) in [7, 11) is 1.65. The average molecular weight is 263 g/mol. The molecule has 1 fully saturated rings. The normalized spacial score (nSPS) is 18.7. The Balaban J connectivity index is 2.03. The number of rotatable bonds is 6. The van der Waals surface area contributed by atoms with Crippen molar-refractivity contribution in [1.29, 1.82) is 0 Å². The fourth-order valence-electron chi connectivity index (χ4n) is 2.80. The highest BCUT2D eigenvalue weighted by Crippen LogP contribution is 2.35. The smallest absolute Gasteiger partial charge is 0.124 e. The zero-order valence-corrected chi connectivity index (χ0v) is 12.2. The predicted molar refractivity (Wildman–Crippen MR) is 77.6 cm³/mol. The number of aliphatic hydroxyl groups is 1. The summed E-state index contributed by atoms with van der Waals surface area (Å²) in [6.07, 6.45) is 4.36. The van der Waals surface area contributed by atoms with E-state index in [9.17, 15) is 5.11 Å². The highest BCUT2D eigenvalue weighted by Gasteiger charge is 2.34. The molecule has 1 aliphatic carbocycles. The lowest BCUT2D eigenvalue weighted by Gasteiger charge is -2.43. The van der Waals surface area contributed by atoms with E-state index in [0.717, 1.165) is 23.3 Å². The summed E-state index contributed by atoms with van der Waals surface area (Å²) in [5, 5.41) is 13.9. The quantitative estimate of drug-likeness (QED) is 0.829. The maximum atomic E-state index is 10.4. The van der Waals surface area contributed by atoms with Crippen LogP contribution in [0.2, 0.25) is 0 Å². The first kappa shape index (κ1) is 14.4. The maximum absolute atomic E-state index is 10.4. The highest BCUT2D eigenvalue weighted by atomic mass is 16.5. The minimum Gasteiger partial charge on any atom is -0.496 e. The Morgan fingerprint density at radius 2 is 2.16 bits per heavy atom. The fourth-order valence-corrected chi connectivity index (χ4v) is 2.80. The van der Waals surface area contributed by atoms with Gasteiger partial charge in [-0.1, -0.05) is 18.6 Å². The number of hydrogen-bond donors (Lipinski definition) is 2. The Hall–Kier alpha value is -1.06. The molecule has 1 aromatic carbocycles. The topological polar surface area (TPSA) is 41.5 Å². The van der Waals surface area contributed by atoms with Crippen molar-refractivity contribution in [3.8, 4) is 5.75 Å². The van der Waals surface area contributed by atoms with Crippen LogP contribution in [-0.4, -0.2) is 24.3 Å². The molecule has 3 nitrogen and oxygen atoms in total. The van der Waals surface area contributed by atoms with Gasteiger partial charge in [0.15, 0.2) is 0 Å². The standard InChI is InChI=1S/C16H25NO2/c1-4-16(8-5-9-16)17-11-14(18)13-10-12(2)6-7-15(13)19-3/h6-7,10,14,17-18H,4-5,8-9,11H2,1-3H3. The number of ether oxygens (including phenoxy) is 1. The molecule has 1 aromatic rings. The maximum Gasteiger partial charge on any atom is 0.124 e. The van der Waals surface area contributed by atoms with E-state index in [2.05, 4.69) is 12.2 Å². The van der Waals surface area contributed by atoms with Gasteiger partial charge in [-0.15, -0.1) is 0 Å². The molecule has 0 amide bonds. The Morgan fingerprint density at radius 3 is 2.68 bits per heavy atom. The SMILES string of the molecule is CCC1(NCC(O)c2cc(C)ccc2OC)CCC1. The Labute approximate surface area is 116 Å². The van der Waals surface area contributed by atoms with Gasteiger partial charge in [-0.05, 0) is 44.7 Å². The molecule has 0 aliphatic heterocycles. The van der Waals surface area contributed by atoms with Crippen molar-refractivity contribution in [3.63, 3.8) is 0 Å². The van der Waals surface area contributed by atoms with Crippen LogP contribution in [0.4, 0.5) is 0 Å². The lowest BCUT2D eigenvalue weighted by molar-refractivity contribution is 0.118. The molecule has 1 aliphatic rings. The zero-order valence-electron chi connectivity index (χ0n) is 12.2. The number of aliphatic hydroxyl groups excluding tert-OH is 1. The van der Waals surface area contributed by atoms with Crippen LogP contribution < -0.4 is 10.1 Å². The molecule has 106 valence electrons. The van der Waals surface area contributed by atoms with E-state index in [0.29, 0.717) is 6.54 Å². The Morgan fingerprint density at radius 1 is 1.42 bits per heavy atom. The van der Waals surface area contributed by atoms with Crippen LogP contribution >= 0.6 is 0 Å². The van der Waals surface area contributed by atoms with Gasteiger partial charge in [0.25, 0.3) is 0 Å². The number of aryl methyl sites for hydroxylation is 1. The van der Waals surface area contributed by atoms with Crippen molar-refractivity contribution in [3.05, 3.63) is 29.3 Å². The first-order valence-electron chi connectivity index (χ1n) is 7.18. The van der Waals surface area contributed by atoms with Crippen molar-refractivity contribution < 1.29 is 9.84 Å². The molecule has 2 N–H and O–H groups in total. The molecular weight excluding hydrogens is 238 g/mol. The van der Waals surface area contributed by atoms with Gasteiger partial charge >= 0.3 is 0 Å². The van der Waals surface area contributed by atoms with Crippen molar-refractivity contribution in [2.75, 3.05) is 13.7 Å². The van der Waals surface area contributed by atoms with E-state index >= 15 is 0 Å². The molecule has 0 radical (unpaired) electrons. The van der Waals surface area contributed by atoms with Gasteiger partial charge in [-0.25, -0.2) is 0 Å². The number of hydrogen-bond acceptors (Lipinski definition) is 3. The molecule has 0 saturated heterocycles. The average Bonchev–Trinajstić information content (AvgIpc) is 2.37. The zero-order chi connectivity index (χ0) is 13.9. The summed E-state index contributed by atoms with van der Waals surface area (Å²) in [5.41, 5.74) is 2.28. The van der Waals surface area contributed by atoms with E-state index in [1.54, 1.807) is 7.11 Å². The molecular formula is C16H25NO2. The van der Waals surface area contributed by atoms with Gasteiger partial charge in [-0.3, -0.25) is 0 Å². The molecule has 0 bridgehead atoms. The van der Waals surface area contributed by atoms with Crippen molar-refractivity contribution in [2.24, 2.45) is 0 Å². The van der Waals surface area contributed by atoms with Crippen LogP contribution in [0.5, 0.6) is 5.75 Å². The summed E-state index contributed by atoms with van der Waals surface area (Å²) in [4.78, 5) is 0. The van der Waals surface area contributed by atoms with Gasteiger partial charge < -0.3 is 15.2 Å². The van der Waals surface area contributed by atoms with E-state index in [4.69, 9.17) is 4.74 Å². The third kappa shape index (κ3) is 3.10. The monoisotopic (exact) mass is 263 g/mol. The minimum absolute atomic E-state index is 0.262. The molecule has 1 unspecified atom stereocenters. The van der Waals surface area contributed by atoms with E-state index in [1.807, 2.05) is 25.1 Å². The minimum atomic E-state index is -0.515. The van der Waals surface area contributed by atoms with Gasteiger partial charge in [0.1, 0.15) is 5.75 Å². The van der Waals surface area contributed by atoms with Crippen LogP contribution in [0, 0.1) is 6.92 Å². The predicted octanol–water partition coefficient (Wildman–Crippen LogP) is 2.96. The summed E-state index contributed by atoms with van der Waals surface area (Å²) >= 11 is 0. The number of β-amino-alcohol motifs (C(OH)–C–C–N with tert-alkyl or cyclic N) is 1. The number of benzene rings is 1. The second-order valence-electron chi connectivity index (χ2n) is 5.63. The van der Waals surface area contributed by atoms with Crippen molar-refractivity contribution in [1.82, 2.24) is 5.32 Å². The molecule has 0 heterocycles. The summed E-state index contributed by atoms with van der Waals surface area (Å²) < 4.78 is 5.33. The van der Waals surface area contributed by atoms with Crippen LogP contribution in [0.3, 0.4) is 0 Å². The Bertz CT molecular complexity index is 421. The lowest BCUT2D eigenvalue weighted by Crippen LogP contribution is -2.51. The van der Waals surface area contributed by atoms with Crippen molar-refractivity contribution in [2.45, 2.75) is 51.2 Å². The van der Waals surface area contributed by atoms with E-state index in [1.165, 1.54) is 19.3 Å². The molecule has 2 rings (SSSR count). The first-order valence-corrected chi connectivity index (χ1v) is 7.18. The summed E-state index contributed by atoms with van der Waals surface area (Å²) in [6, 6.07) is 5.93. The third-order valence-corrected chi connectivity index (χ3v) is 4.40. The van der Waals surface area contributed by atoms with E-state index in [-0.39, 0.29) is 5.54 Å². The molecule has 19 heavy (non-hydrogen) atoms. The Kier molecular flexibility index (Phi) is 4.48. The van der Waals surface area contributed by atoms with Gasteiger partial charge in [0.2, 0.25) is 0 Å². The lowest BCUT2D eigenvalue weighted by atomic mass is 9.75. The third-order valence-electron chi connectivity index (χ3n) is 4.40. The molecule has 1 atom stereocenters. The molecule has 3 heteroatoms. The summed E-state index contributed by atoms with van der Waals surface area (Å²) in [6.45, 7) is 4.84. The van der Waals surface area contributed by atoms with Crippen LogP contribution in [0.25, 0.3) is 0 Å². The second-order valence-corrected chi connectivity index (χ2v) is 5.63. The first-order chi connectivity index (χ1) is 9.10.